The first-order valence-electron chi connectivity index (χ1n) is 9.31. The van der Waals surface area contributed by atoms with Crippen molar-refractivity contribution in [2.45, 2.75) is 19.9 Å². The number of nitrogens with zero attached hydrogens (tertiary/aromatic N) is 5. The van der Waals surface area contributed by atoms with Crippen LogP contribution in [0.25, 0.3) is 5.69 Å². The number of amidine groups is 1. The second-order valence-corrected chi connectivity index (χ2v) is 7.19. The fourth-order valence-corrected chi connectivity index (χ4v) is 3.82. The fourth-order valence-electron chi connectivity index (χ4n) is 3.82. The molecule has 0 radical (unpaired) electrons. The number of rotatable bonds is 5. The smallest absolute Gasteiger partial charge is 0.407 e. The molecule has 1 aromatic carbocycles. The number of benzene rings is 1. The van der Waals surface area contributed by atoms with Gasteiger partial charge in [-0.15, -0.1) is 0 Å². The number of aryl methyl sites for hydroxylation is 1. The summed E-state index contributed by atoms with van der Waals surface area (Å²) < 4.78 is 14.4. The average Bonchev–Trinajstić information content (AvgIpc) is 3.23. The van der Waals surface area contributed by atoms with Crippen LogP contribution in [0, 0.1) is 6.92 Å². The van der Waals surface area contributed by atoms with E-state index < -0.39 is 18.0 Å². The molecule has 1 aromatic heterocycles. The molecule has 30 heavy (non-hydrogen) atoms. The number of aromatic nitrogens is 2. The summed E-state index contributed by atoms with van der Waals surface area (Å²) in [6, 6.07) is 4.02. The van der Waals surface area contributed by atoms with Crippen LogP contribution in [-0.4, -0.2) is 65.7 Å². The molecule has 1 saturated heterocycles. The van der Waals surface area contributed by atoms with E-state index in [9.17, 15) is 14.4 Å². The van der Waals surface area contributed by atoms with Crippen LogP contribution in [0.1, 0.15) is 18.7 Å². The van der Waals surface area contributed by atoms with Crippen LogP contribution in [0.4, 0.5) is 10.7 Å². The van der Waals surface area contributed by atoms with E-state index in [0.717, 1.165) is 16.3 Å². The Morgan fingerprint density at radius 3 is 2.60 bits per heavy atom. The van der Waals surface area contributed by atoms with Crippen molar-refractivity contribution in [1.29, 1.82) is 0 Å². The predicted octanol–water partition coefficient (Wildman–Crippen LogP) is 1.16. The first-order valence-corrected chi connectivity index (χ1v) is 9.31. The van der Waals surface area contributed by atoms with Gasteiger partial charge in [0.25, 0.3) is 5.91 Å². The summed E-state index contributed by atoms with van der Waals surface area (Å²) in [6.07, 6.45) is 1.80. The number of carbonyl (C=O) groups excluding carboxylic acids is 3. The van der Waals surface area contributed by atoms with Gasteiger partial charge in [-0.2, -0.15) is 4.57 Å². The number of carbonyl (C=O) groups is 3. The summed E-state index contributed by atoms with van der Waals surface area (Å²) >= 11 is 0. The molecule has 3 amide bonds. The highest BCUT2D eigenvalue weighted by Gasteiger charge is 2.53. The summed E-state index contributed by atoms with van der Waals surface area (Å²) in [4.78, 5) is 44.2. The number of imidazole rings is 1. The number of urea groups is 1. The summed E-state index contributed by atoms with van der Waals surface area (Å²) in [5.74, 6) is 1.26. The highest BCUT2D eigenvalue weighted by Crippen LogP contribution is 2.35. The number of hydrogen-bond acceptors (Lipinski definition) is 6. The number of hydrogen-bond donors (Lipinski definition) is 0. The molecule has 1 unspecified atom stereocenters. The number of likely N-dealkylation sites (N-methyl/N-ethyl adjacent to an activating group) is 1. The number of Topliss-reactive ketones (excluding diaryl/α,β-unsaturated/α-hetero) is 1. The fraction of sp³-hybridized carbons (Fsp3) is 0.350. The van der Waals surface area contributed by atoms with Gasteiger partial charge in [0.2, 0.25) is 11.9 Å². The van der Waals surface area contributed by atoms with Gasteiger partial charge in [-0.3, -0.25) is 19.4 Å². The monoisotopic (exact) mass is 412 g/mol. The molecule has 4 rings (SSSR count). The van der Waals surface area contributed by atoms with Gasteiger partial charge < -0.3 is 9.47 Å². The second-order valence-electron chi connectivity index (χ2n) is 7.19. The Balaban J connectivity index is 1.86. The summed E-state index contributed by atoms with van der Waals surface area (Å²) in [5.41, 5.74) is 1.54. The molecular weight excluding hydrogens is 390 g/mol. The Labute approximate surface area is 172 Å². The van der Waals surface area contributed by atoms with Gasteiger partial charge >= 0.3 is 12.0 Å². The van der Waals surface area contributed by atoms with Crippen LogP contribution in [0.5, 0.6) is 11.5 Å². The quantitative estimate of drug-likeness (QED) is 0.687. The number of amides is 3. The normalized spacial score (nSPS) is 17.6. The van der Waals surface area contributed by atoms with Gasteiger partial charge in [0.05, 0.1) is 20.8 Å². The molecule has 0 N–H and O–H groups in total. The zero-order valence-corrected chi connectivity index (χ0v) is 17.4. The van der Waals surface area contributed by atoms with Gasteiger partial charge in [0.15, 0.2) is 5.75 Å². The highest BCUT2D eigenvalue weighted by atomic mass is 16.5. The standard InChI is InChI=1S/C20H22N5O5/c1-11-9-23-16-17(22(3)20(28)24(18(16)27)10-12(2)26)21-19(23)25(11)14-7-6-13(29-4)8-15(14)30-5/h6-9,16H,10H2,1-5H3/q+1. The van der Waals surface area contributed by atoms with Crippen LogP contribution in [0.2, 0.25) is 0 Å². The number of ether oxygens (including phenoxy) is 2. The van der Waals surface area contributed by atoms with Crippen molar-refractivity contribution in [3.8, 4) is 17.2 Å². The molecular formula is C20H22N5O5+. The maximum Gasteiger partial charge on any atom is 0.407 e. The molecule has 0 aliphatic carbocycles. The molecule has 156 valence electrons. The number of fused-ring (bicyclic) bond motifs is 3. The molecule has 0 saturated carbocycles. The van der Waals surface area contributed by atoms with E-state index in [2.05, 4.69) is 4.99 Å². The molecule has 2 aliphatic heterocycles. The van der Waals surface area contributed by atoms with Crippen molar-refractivity contribution in [2.75, 3.05) is 27.8 Å². The van der Waals surface area contributed by atoms with Crippen molar-refractivity contribution in [1.82, 2.24) is 14.4 Å². The van der Waals surface area contributed by atoms with Crippen LogP contribution in [0.15, 0.2) is 29.4 Å². The third kappa shape index (κ3) is 2.75. The number of ketones is 1. The molecule has 0 bridgehead atoms. The van der Waals surface area contributed by atoms with Crippen molar-refractivity contribution < 1.29 is 28.4 Å². The molecule has 0 spiro atoms. The SMILES string of the molecule is COc1ccc(-n2c(C)c[n+]3c2N=C2C3C(=O)N(CC(C)=O)C(=O)N2C)c(OC)c1. The van der Waals surface area contributed by atoms with Gasteiger partial charge in [-0.25, -0.2) is 9.36 Å². The van der Waals surface area contributed by atoms with Crippen molar-refractivity contribution in [2.24, 2.45) is 4.99 Å². The van der Waals surface area contributed by atoms with E-state index in [1.165, 1.54) is 11.8 Å². The molecule has 2 aromatic rings. The zero-order valence-electron chi connectivity index (χ0n) is 17.4. The second kappa shape index (κ2) is 6.97. The Hall–Kier alpha value is -3.69. The van der Waals surface area contributed by atoms with E-state index in [1.54, 1.807) is 44.2 Å². The van der Waals surface area contributed by atoms with Gasteiger partial charge in [-0.1, -0.05) is 4.99 Å². The molecule has 1 fully saturated rings. The minimum absolute atomic E-state index is 0.270. The van der Waals surface area contributed by atoms with Gasteiger partial charge in [0.1, 0.15) is 29.1 Å². The van der Waals surface area contributed by atoms with Crippen LogP contribution >= 0.6 is 0 Å². The zero-order chi connectivity index (χ0) is 21.7. The van der Waals surface area contributed by atoms with Gasteiger partial charge in [-0.05, 0) is 26.0 Å². The van der Waals surface area contributed by atoms with Crippen molar-refractivity contribution in [3.05, 3.63) is 30.1 Å². The number of imide groups is 1. The molecule has 10 heteroatoms. The molecule has 10 nitrogen and oxygen atoms in total. The van der Waals surface area contributed by atoms with E-state index in [-0.39, 0.29) is 12.3 Å². The largest absolute Gasteiger partial charge is 0.497 e. The van der Waals surface area contributed by atoms with E-state index in [0.29, 0.717) is 23.3 Å². The lowest BCUT2D eigenvalue weighted by molar-refractivity contribution is -0.676. The third-order valence-corrected chi connectivity index (χ3v) is 5.22. The van der Waals surface area contributed by atoms with Crippen LogP contribution < -0.4 is 14.0 Å². The summed E-state index contributed by atoms with van der Waals surface area (Å²) in [5, 5.41) is 0. The predicted molar refractivity (Wildman–Crippen MR) is 105 cm³/mol. The Kier molecular flexibility index (Phi) is 4.56. The van der Waals surface area contributed by atoms with E-state index in [1.807, 2.05) is 17.6 Å². The maximum atomic E-state index is 13.1. The minimum atomic E-state index is -0.814. The lowest BCUT2D eigenvalue weighted by Gasteiger charge is -2.32. The van der Waals surface area contributed by atoms with Crippen molar-refractivity contribution in [3.63, 3.8) is 0 Å². The van der Waals surface area contributed by atoms with Gasteiger partial charge in [0, 0.05) is 13.1 Å². The maximum absolute atomic E-state index is 13.1. The first-order chi connectivity index (χ1) is 14.3. The highest BCUT2D eigenvalue weighted by molar-refractivity contribution is 6.19. The summed E-state index contributed by atoms with van der Waals surface area (Å²) in [6.45, 7) is 2.96. The summed E-state index contributed by atoms with van der Waals surface area (Å²) in [7, 11) is 4.68. The lowest BCUT2D eigenvalue weighted by Crippen LogP contribution is -2.63. The minimum Gasteiger partial charge on any atom is -0.497 e. The molecule has 3 heterocycles. The molecule has 1 atom stereocenters. The van der Waals surface area contributed by atoms with Crippen LogP contribution in [0.3, 0.4) is 0 Å². The number of methoxy groups -OCH3 is 2. The average molecular weight is 412 g/mol. The van der Waals surface area contributed by atoms with E-state index in [4.69, 9.17) is 9.47 Å². The Morgan fingerprint density at radius 1 is 1.23 bits per heavy atom. The Morgan fingerprint density at radius 2 is 1.97 bits per heavy atom. The Bertz CT molecular complexity index is 1120. The number of aliphatic imine (C=N–C) groups is 1. The van der Waals surface area contributed by atoms with Crippen LogP contribution in [-0.2, 0) is 9.59 Å². The topological polar surface area (TPSA) is 97.3 Å². The first kappa shape index (κ1) is 19.6. The lowest BCUT2D eigenvalue weighted by atomic mass is 10.1. The third-order valence-electron chi connectivity index (χ3n) is 5.22. The van der Waals surface area contributed by atoms with Crippen molar-refractivity contribution >= 4 is 29.5 Å². The van der Waals surface area contributed by atoms with E-state index >= 15 is 0 Å². The molecule has 2 aliphatic rings.